The molecule has 84 valence electrons. The van der Waals surface area contributed by atoms with Gasteiger partial charge in [-0.25, -0.2) is 4.98 Å². The van der Waals surface area contributed by atoms with Crippen LogP contribution < -0.4 is 5.73 Å². The van der Waals surface area contributed by atoms with Crippen molar-refractivity contribution in [2.24, 2.45) is 5.73 Å². The zero-order valence-electron chi connectivity index (χ0n) is 9.66. The van der Waals surface area contributed by atoms with Gasteiger partial charge in [-0.1, -0.05) is 29.3 Å². The summed E-state index contributed by atoms with van der Waals surface area (Å²) in [5, 5.41) is 1.01. The van der Waals surface area contributed by atoms with E-state index < -0.39 is 0 Å². The number of hydrogen-bond acceptors (Lipinski definition) is 3. The van der Waals surface area contributed by atoms with Crippen molar-refractivity contribution < 1.29 is 0 Å². The maximum atomic E-state index is 5.55. The van der Waals surface area contributed by atoms with Gasteiger partial charge >= 0.3 is 0 Å². The molecule has 0 aliphatic heterocycles. The Morgan fingerprint density at radius 3 is 2.44 bits per heavy atom. The second-order valence-corrected chi connectivity index (χ2v) is 5.30. The largest absolute Gasteiger partial charge is 0.325 e. The smallest absolute Gasteiger partial charge is 0.106 e. The first-order chi connectivity index (χ1) is 7.67. The fourth-order valence-corrected chi connectivity index (χ4v) is 2.73. The number of hydrogen-bond donors (Lipinski definition) is 1. The molecule has 2 aromatic rings. The van der Waals surface area contributed by atoms with Gasteiger partial charge in [0.25, 0.3) is 0 Å². The monoisotopic (exact) mass is 232 g/mol. The number of aryl methyl sites for hydroxylation is 2. The zero-order valence-corrected chi connectivity index (χ0v) is 10.5. The molecule has 0 unspecified atom stereocenters. The molecular weight excluding hydrogens is 216 g/mol. The van der Waals surface area contributed by atoms with Gasteiger partial charge in [0.05, 0.1) is 0 Å². The standard InChI is InChI=1S/C13H16N2S/c1-9-3-10(2)5-11(4-9)6-12-8-15-13(7-14)16-12/h3-5,8H,6-7,14H2,1-2H3. The summed E-state index contributed by atoms with van der Waals surface area (Å²) in [6.45, 7) is 4.81. The highest BCUT2D eigenvalue weighted by Gasteiger charge is 2.02. The number of thiazole rings is 1. The topological polar surface area (TPSA) is 38.9 Å². The van der Waals surface area contributed by atoms with Crippen LogP contribution in [0.15, 0.2) is 24.4 Å². The lowest BCUT2D eigenvalue weighted by atomic mass is 10.0. The SMILES string of the molecule is Cc1cc(C)cc(Cc2cnc(CN)s2)c1. The van der Waals surface area contributed by atoms with Crippen LogP contribution in [-0.2, 0) is 13.0 Å². The van der Waals surface area contributed by atoms with Crippen LogP contribution in [0, 0.1) is 13.8 Å². The van der Waals surface area contributed by atoms with E-state index >= 15 is 0 Å². The number of aromatic nitrogens is 1. The van der Waals surface area contributed by atoms with Crippen LogP contribution in [0.4, 0.5) is 0 Å². The first kappa shape index (κ1) is 11.3. The van der Waals surface area contributed by atoms with Gasteiger partial charge in [0.1, 0.15) is 5.01 Å². The van der Waals surface area contributed by atoms with Gasteiger partial charge in [-0.15, -0.1) is 11.3 Å². The van der Waals surface area contributed by atoms with E-state index in [9.17, 15) is 0 Å². The van der Waals surface area contributed by atoms with Crippen molar-refractivity contribution >= 4 is 11.3 Å². The Labute approximate surface area is 100 Å². The van der Waals surface area contributed by atoms with E-state index in [4.69, 9.17) is 5.73 Å². The molecule has 0 saturated heterocycles. The third-order valence-electron chi connectivity index (χ3n) is 2.44. The fourth-order valence-electron chi connectivity index (χ4n) is 1.90. The lowest BCUT2D eigenvalue weighted by Crippen LogP contribution is -1.93. The van der Waals surface area contributed by atoms with Crippen molar-refractivity contribution in [2.75, 3.05) is 0 Å². The molecule has 1 aromatic heterocycles. The summed E-state index contributed by atoms with van der Waals surface area (Å²) in [5.74, 6) is 0. The quantitative estimate of drug-likeness (QED) is 0.883. The van der Waals surface area contributed by atoms with E-state index in [0.29, 0.717) is 6.54 Å². The lowest BCUT2D eigenvalue weighted by molar-refractivity contribution is 1.04. The molecule has 0 radical (unpaired) electrons. The summed E-state index contributed by atoms with van der Waals surface area (Å²) in [7, 11) is 0. The Hall–Kier alpha value is -1.19. The predicted molar refractivity (Wildman–Crippen MR) is 68.7 cm³/mol. The molecule has 0 spiro atoms. The molecule has 2 nitrogen and oxygen atoms in total. The molecule has 2 rings (SSSR count). The minimum Gasteiger partial charge on any atom is -0.325 e. The molecule has 0 atom stereocenters. The summed E-state index contributed by atoms with van der Waals surface area (Å²) >= 11 is 1.70. The zero-order chi connectivity index (χ0) is 11.5. The summed E-state index contributed by atoms with van der Waals surface area (Å²) in [4.78, 5) is 5.55. The molecule has 0 fully saturated rings. The predicted octanol–water partition coefficient (Wildman–Crippen LogP) is 2.81. The van der Waals surface area contributed by atoms with E-state index in [1.165, 1.54) is 21.6 Å². The van der Waals surface area contributed by atoms with Crippen LogP contribution in [0.2, 0.25) is 0 Å². The first-order valence-corrected chi connectivity index (χ1v) is 6.20. The van der Waals surface area contributed by atoms with E-state index in [0.717, 1.165) is 11.4 Å². The number of nitrogens with zero attached hydrogens (tertiary/aromatic N) is 1. The van der Waals surface area contributed by atoms with Crippen LogP contribution in [0.3, 0.4) is 0 Å². The van der Waals surface area contributed by atoms with Gasteiger partial charge in [-0.2, -0.15) is 0 Å². The third kappa shape index (κ3) is 2.68. The highest BCUT2D eigenvalue weighted by Crippen LogP contribution is 2.18. The summed E-state index contributed by atoms with van der Waals surface area (Å²) in [6.07, 6.45) is 2.89. The van der Waals surface area contributed by atoms with Gasteiger partial charge in [-0.3, -0.25) is 0 Å². The minimum absolute atomic E-state index is 0.539. The Bertz CT molecular complexity index is 468. The Morgan fingerprint density at radius 2 is 1.88 bits per heavy atom. The number of nitrogens with two attached hydrogens (primary N) is 1. The van der Waals surface area contributed by atoms with E-state index in [1.807, 2.05) is 6.20 Å². The van der Waals surface area contributed by atoms with Gasteiger partial charge in [0.15, 0.2) is 0 Å². The lowest BCUT2D eigenvalue weighted by Gasteiger charge is -2.02. The Balaban J connectivity index is 2.19. The molecule has 0 amide bonds. The molecule has 1 aromatic carbocycles. The Morgan fingerprint density at radius 1 is 1.19 bits per heavy atom. The highest BCUT2D eigenvalue weighted by molar-refractivity contribution is 7.11. The van der Waals surface area contributed by atoms with Crippen LogP contribution in [0.1, 0.15) is 26.6 Å². The molecule has 0 aliphatic rings. The molecule has 0 saturated carbocycles. The fraction of sp³-hybridized carbons (Fsp3) is 0.308. The summed E-state index contributed by atoms with van der Waals surface area (Å²) in [6, 6.07) is 6.66. The molecule has 3 heteroatoms. The second-order valence-electron chi connectivity index (χ2n) is 4.10. The molecule has 0 bridgehead atoms. The van der Waals surface area contributed by atoms with Gasteiger partial charge in [0.2, 0.25) is 0 Å². The highest BCUT2D eigenvalue weighted by atomic mass is 32.1. The van der Waals surface area contributed by atoms with Crippen LogP contribution in [-0.4, -0.2) is 4.98 Å². The molecule has 2 N–H and O–H groups in total. The maximum absolute atomic E-state index is 5.55. The van der Waals surface area contributed by atoms with Crippen molar-refractivity contribution in [3.8, 4) is 0 Å². The van der Waals surface area contributed by atoms with Gasteiger partial charge in [-0.05, 0) is 19.4 Å². The first-order valence-electron chi connectivity index (χ1n) is 5.38. The molecular formula is C13H16N2S. The van der Waals surface area contributed by atoms with Crippen LogP contribution >= 0.6 is 11.3 Å². The third-order valence-corrected chi connectivity index (χ3v) is 3.46. The average molecular weight is 232 g/mol. The van der Waals surface area contributed by atoms with Crippen molar-refractivity contribution in [1.82, 2.24) is 4.98 Å². The number of benzene rings is 1. The molecule has 0 aliphatic carbocycles. The van der Waals surface area contributed by atoms with E-state index in [-0.39, 0.29) is 0 Å². The summed E-state index contributed by atoms with van der Waals surface area (Å²) < 4.78 is 0. The minimum atomic E-state index is 0.539. The molecule has 1 heterocycles. The molecule has 16 heavy (non-hydrogen) atoms. The van der Waals surface area contributed by atoms with Crippen LogP contribution in [0.25, 0.3) is 0 Å². The van der Waals surface area contributed by atoms with Gasteiger partial charge < -0.3 is 5.73 Å². The van der Waals surface area contributed by atoms with Crippen molar-refractivity contribution in [2.45, 2.75) is 26.8 Å². The number of rotatable bonds is 3. The normalized spacial score (nSPS) is 10.7. The average Bonchev–Trinajstić information content (AvgIpc) is 2.64. The van der Waals surface area contributed by atoms with Crippen LogP contribution in [0.5, 0.6) is 0 Å². The van der Waals surface area contributed by atoms with E-state index in [1.54, 1.807) is 11.3 Å². The van der Waals surface area contributed by atoms with Gasteiger partial charge in [0, 0.05) is 24.0 Å². The van der Waals surface area contributed by atoms with Crippen molar-refractivity contribution in [3.05, 3.63) is 51.0 Å². The van der Waals surface area contributed by atoms with Crippen molar-refractivity contribution in [1.29, 1.82) is 0 Å². The Kier molecular flexibility index (Phi) is 3.36. The maximum Gasteiger partial charge on any atom is 0.106 e. The second kappa shape index (κ2) is 4.76. The van der Waals surface area contributed by atoms with E-state index in [2.05, 4.69) is 37.0 Å². The summed E-state index contributed by atoms with van der Waals surface area (Å²) in [5.41, 5.74) is 9.54. The van der Waals surface area contributed by atoms with Crippen molar-refractivity contribution in [3.63, 3.8) is 0 Å².